The summed E-state index contributed by atoms with van der Waals surface area (Å²) in [7, 11) is 0. The second-order valence-electron chi connectivity index (χ2n) is 4.87. The van der Waals surface area contributed by atoms with Crippen molar-refractivity contribution in [2.75, 3.05) is 5.75 Å². The number of nitriles is 1. The fourth-order valence-electron chi connectivity index (χ4n) is 2.57. The fraction of sp³-hybridized carbons (Fsp3) is 0.615. The summed E-state index contributed by atoms with van der Waals surface area (Å²) in [4.78, 5) is 16.8. The van der Waals surface area contributed by atoms with Crippen LogP contribution in [0.4, 0.5) is 0 Å². The number of aromatic nitrogens is 2. The Kier molecular flexibility index (Phi) is 3.85. The summed E-state index contributed by atoms with van der Waals surface area (Å²) in [6.45, 7) is 0.675. The van der Waals surface area contributed by atoms with Gasteiger partial charge in [0, 0.05) is 17.5 Å². The fourth-order valence-corrected chi connectivity index (χ4v) is 4.85. The molecule has 2 aliphatic rings. The number of nitrogens with zero attached hydrogens (tertiary/aromatic N) is 3. The van der Waals surface area contributed by atoms with Crippen LogP contribution in [-0.2, 0) is 6.54 Å². The van der Waals surface area contributed by atoms with Crippen LogP contribution in [0.5, 0.6) is 0 Å². The number of hydrogen-bond acceptors (Lipinski definition) is 5. The topological polar surface area (TPSA) is 58.7 Å². The quantitative estimate of drug-likeness (QED) is 0.620. The van der Waals surface area contributed by atoms with Crippen molar-refractivity contribution in [3.8, 4) is 6.07 Å². The van der Waals surface area contributed by atoms with Gasteiger partial charge < -0.3 is 0 Å². The summed E-state index contributed by atoms with van der Waals surface area (Å²) in [5.41, 5.74) is 0.0811. The smallest absolute Gasteiger partial charge is 0.273 e. The molecule has 1 aromatic heterocycles. The van der Waals surface area contributed by atoms with Gasteiger partial charge in [-0.3, -0.25) is 9.36 Å². The zero-order valence-electron chi connectivity index (χ0n) is 10.6. The van der Waals surface area contributed by atoms with Crippen molar-refractivity contribution in [1.82, 2.24) is 9.55 Å². The lowest BCUT2D eigenvalue weighted by Crippen LogP contribution is -2.24. The van der Waals surface area contributed by atoms with Crippen molar-refractivity contribution in [3.63, 3.8) is 0 Å². The molecule has 1 aliphatic carbocycles. The Morgan fingerprint density at radius 2 is 2.16 bits per heavy atom. The Morgan fingerprint density at radius 3 is 2.89 bits per heavy atom. The highest BCUT2D eigenvalue weighted by atomic mass is 32.2. The SMILES string of the molecule is N#Cc1c(SC2CCCCC2)nc2n(c1=O)CCS2. The molecule has 3 rings (SSSR count). The van der Waals surface area contributed by atoms with Gasteiger partial charge in [0.1, 0.15) is 16.7 Å². The van der Waals surface area contributed by atoms with Crippen LogP contribution in [0.3, 0.4) is 0 Å². The zero-order chi connectivity index (χ0) is 13.2. The third-order valence-electron chi connectivity index (χ3n) is 3.59. The predicted molar refractivity (Wildman–Crippen MR) is 76.7 cm³/mol. The van der Waals surface area contributed by atoms with E-state index in [9.17, 15) is 10.1 Å². The minimum Gasteiger partial charge on any atom is -0.286 e. The summed E-state index contributed by atoms with van der Waals surface area (Å²) in [5, 5.41) is 11.2. The van der Waals surface area contributed by atoms with Crippen LogP contribution in [0.1, 0.15) is 37.7 Å². The van der Waals surface area contributed by atoms with E-state index in [-0.39, 0.29) is 11.1 Å². The Labute approximate surface area is 120 Å². The standard InChI is InChI=1S/C13H15N3OS2/c14-8-10-11(19-9-4-2-1-3-5-9)15-13-16(12(10)17)6-7-18-13/h9H,1-7H2. The Balaban J connectivity index is 1.94. The molecular weight excluding hydrogens is 278 g/mol. The monoisotopic (exact) mass is 293 g/mol. The normalized spacial score (nSPS) is 19.1. The van der Waals surface area contributed by atoms with Gasteiger partial charge >= 0.3 is 0 Å². The van der Waals surface area contributed by atoms with Gasteiger partial charge in [0.15, 0.2) is 5.16 Å². The Morgan fingerprint density at radius 1 is 1.37 bits per heavy atom. The summed E-state index contributed by atoms with van der Waals surface area (Å²) >= 11 is 3.24. The van der Waals surface area contributed by atoms with Crippen LogP contribution in [-0.4, -0.2) is 20.6 Å². The third-order valence-corrected chi connectivity index (χ3v) is 5.87. The van der Waals surface area contributed by atoms with Crippen molar-refractivity contribution in [2.45, 2.75) is 54.1 Å². The number of thioether (sulfide) groups is 2. The summed E-state index contributed by atoms with van der Waals surface area (Å²) in [6.07, 6.45) is 6.14. The molecule has 0 N–H and O–H groups in total. The highest BCUT2D eigenvalue weighted by molar-refractivity contribution is 8.00. The second kappa shape index (κ2) is 5.59. The third kappa shape index (κ3) is 2.54. The van der Waals surface area contributed by atoms with Crippen LogP contribution in [0.15, 0.2) is 15.0 Å². The van der Waals surface area contributed by atoms with Crippen molar-refractivity contribution in [3.05, 3.63) is 15.9 Å². The number of rotatable bonds is 2. The van der Waals surface area contributed by atoms with Crippen molar-refractivity contribution in [2.24, 2.45) is 0 Å². The van der Waals surface area contributed by atoms with E-state index in [2.05, 4.69) is 11.1 Å². The second-order valence-corrected chi connectivity index (χ2v) is 7.22. The molecule has 2 heterocycles. The number of hydrogen-bond donors (Lipinski definition) is 0. The Bertz CT molecular complexity index is 585. The molecule has 1 fully saturated rings. The highest BCUT2D eigenvalue weighted by Crippen LogP contribution is 2.35. The first-order valence-electron chi connectivity index (χ1n) is 6.64. The molecule has 0 amide bonds. The van der Waals surface area contributed by atoms with E-state index in [0.717, 1.165) is 10.9 Å². The average molecular weight is 293 g/mol. The molecule has 19 heavy (non-hydrogen) atoms. The van der Waals surface area contributed by atoms with E-state index < -0.39 is 0 Å². The minimum atomic E-state index is -0.157. The molecule has 0 spiro atoms. The lowest BCUT2D eigenvalue weighted by Gasteiger charge is -2.20. The van der Waals surface area contributed by atoms with Gasteiger partial charge in [0.25, 0.3) is 5.56 Å². The molecular formula is C13H15N3OS2. The van der Waals surface area contributed by atoms with E-state index in [1.807, 2.05) is 0 Å². The molecule has 1 saturated carbocycles. The van der Waals surface area contributed by atoms with Crippen molar-refractivity contribution < 1.29 is 0 Å². The maximum atomic E-state index is 12.2. The van der Waals surface area contributed by atoms with Gasteiger partial charge in [0.2, 0.25) is 0 Å². The highest BCUT2D eigenvalue weighted by Gasteiger charge is 2.23. The largest absolute Gasteiger partial charge is 0.286 e. The molecule has 0 unspecified atom stereocenters. The summed E-state index contributed by atoms with van der Waals surface area (Å²) in [6, 6.07) is 2.06. The lowest BCUT2D eigenvalue weighted by atomic mass is 10.0. The van der Waals surface area contributed by atoms with Crippen molar-refractivity contribution >= 4 is 23.5 Å². The molecule has 4 nitrogen and oxygen atoms in total. The van der Waals surface area contributed by atoms with Gasteiger partial charge in [-0.1, -0.05) is 31.0 Å². The molecule has 1 aliphatic heterocycles. The van der Waals surface area contributed by atoms with Crippen molar-refractivity contribution in [1.29, 1.82) is 5.26 Å². The predicted octanol–water partition coefficient (Wildman–Crippen LogP) is 2.65. The zero-order valence-corrected chi connectivity index (χ0v) is 12.2. The van der Waals surface area contributed by atoms with Gasteiger partial charge in [-0.2, -0.15) is 5.26 Å². The molecule has 0 bridgehead atoms. The van der Waals surface area contributed by atoms with Gasteiger partial charge in [-0.15, -0.1) is 11.8 Å². The Hall–Kier alpha value is -0.930. The molecule has 0 aromatic carbocycles. The van der Waals surface area contributed by atoms with Crippen LogP contribution >= 0.6 is 23.5 Å². The van der Waals surface area contributed by atoms with Gasteiger partial charge in [0.05, 0.1) is 0 Å². The van der Waals surface area contributed by atoms with Crippen LogP contribution in [0, 0.1) is 11.3 Å². The molecule has 1 aromatic rings. The van der Waals surface area contributed by atoms with Crippen LogP contribution in [0.25, 0.3) is 0 Å². The molecule has 100 valence electrons. The van der Waals surface area contributed by atoms with Gasteiger partial charge in [-0.25, -0.2) is 4.98 Å². The first kappa shape index (κ1) is 13.1. The minimum absolute atomic E-state index is 0.157. The van der Waals surface area contributed by atoms with Crippen LogP contribution < -0.4 is 5.56 Å². The number of fused-ring (bicyclic) bond motifs is 1. The molecule has 0 saturated heterocycles. The summed E-state index contributed by atoms with van der Waals surface area (Å²) in [5.74, 6) is 0.880. The first-order valence-corrected chi connectivity index (χ1v) is 8.50. The maximum Gasteiger partial charge on any atom is 0.273 e. The first-order chi connectivity index (χ1) is 9.29. The molecule has 6 heteroatoms. The van der Waals surface area contributed by atoms with E-state index >= 15 is 0 Å². The van der Waals surface area contributed by atoms with E-state index in [1.54, 1.807) is 28.1 Å². The molecule has 0 radical (unpaired) electrons. The molecule has 0 atom stereocenters. The van der Waals surface area contributed by atoms with E-state index in [4.69, 9.17) is 0 Å². The lowest BCUT2D eigenvalue weighted by molar-refractivity contribution is 0.515. The van der Waals surface area contributed by atoms with E-state index in [0.29, 0.717) is 16.8 Å². The van der Waals surface area contributed by atoms with Crippen LogP contribution in [0.2, 0.25) is 0 Å². The summed E-state index contributed by atoms with van der Waals surface area (Å²) < 4.78 is 1.63. The maximum absolute atomic E-state index is 12.2. The van der Waals surface area contributed by atoms with E-state index in [1.165, 1.54) is 32.1 Å². The average Bonchev–Trinajstić information content (AvgIpc) is 2.89. The van der Waals surface area contributed by atoms with Gasteiger partial charge in [-0.05, 0) is 12.8 Å².